The highest BCUT2D eigenvalue weighted by Crippen LogP contribution is 2.28. The van der Waals surface area contributed by atoms with Crippen molar-refractivity contribution in [3.63, 3.8) is 0 Å². The lowest BCUT2D eigenvalue weighted by Gasteiger charge is -2.40. The molecule has 0 aliphatic carbocycles. The van der Waals surface area contributed by atoms with Gasteiger partial charge in [-0.15, -0.1) is 0 Å². The van der Waals surface area contributed by atoms with E-state index in [0.717, 1.165) is 50.4 Å². The van der Waals surface area contributed by atoms with Gasteiger partial charge in [0.05, 0.1) is 13.2 Å². The number of primary amides is 1. The molecular weight excluding hydrogens is 392 g/mol. The topological polar surface area (TPSA) is 79.1 Å². The highest BCUT2D eigenvalue weighted by molar-refractivity contribution is 5.95. The van der Waals surface area contributed by atoms with Crippen LogP contribution in [0.3, 0.4) is 0 Å². The molecule has 0 radical (unpaired) electrons. The van der Waals surface area contributed by atoms with E-state index in [9.17, 15) is 9.59 Å². The number of rotatable bonds is 3. The summed E-state index contributed by atoms with van der Waals surface area (Å²) in [7, 11) is 0. The zero-order chi connectivity index (χ0) is 21.4. The fourth-order valence-corrected chi connectivity index (χ4v) is 4.92. The van der Waals surface area contributed by atoms with Crippen molar-refractivity contribution in [3.8, 4) is 0 Å². The third-order valence-corrected chi connectivity index (χ3v) is 6.68. The van der Waals surface area contributed by atoms with Gasteiger partial charge in [-0.3, -0.25) is 9.69 Å². The van der Waals surface area contributed by atoms with Gasteiger partial charge < -0.3 is 20.3 Å². The molecular formula is C24H28N4O3. The zero-order valence-corrected chi connectivity index (χ0v) is 17.6. The molecule has 1 saturated heterocycles. The van der Waals surface area contributed by atoms with E-state index in [1.807, 2.05) is 29.2 Å². The van der Waals surface area contributed by atoms with E-state index in [0.29, 0.717) is 25.2 Å². The molecule has 7 nitrogen and oxygen atoms in total. The molecule has 1 atom stereocenters. The molecule has 0 aromatic heterocycles. The molecule has 0 bridgehead atoms. The second kappa shape index (κ2) is 8.32. The van der Waals surface area contributed by atoms with Crippen LogP contribution in [-0.2, 0) is 30.8 Å². The summed E-state index contributed by atoms with van der Waals surface area (Å²) in [6, 6.07) is 13.9. The number of hydrogen-bond acceptors (Lipinski definition) is 4. The number of hydrogen-bond donors (Lipinski definition) is 1. The van der Waals surface area contributed by atoms with Gasteiger partial charge in [-0.05, 0) is 40.8 Å². The number of amides is 3. The minimum atomic E-state index is -0.428. The van der Waals surface area contributed by atoms with Crippen molar-refractivity contribution in [2.45, 2.75) is 32.1 Å². The minimum Gasteiger partial charge on any atom is -0.379 e. The van der Waals surface area contributed by atoms with Crippen molar-refractivity contribution in [2.75, 3.05) is 32.8 Å². The Labute approximate surface area is 182 Å². The number of nitrogens with zero attached hydrogens (tertiary/aromatic N) is 3. The summed E-state index contributed by atoms with van der Waals surface area (Å²) >= 11 is 0. The molecule has 3 aliphatic rings. The third-order valence-electron chi connectivity index (χ3n) is 6.68. The van der Waals surface area contributed by atoms with E-state index in [1.54, 1.807) is 4.90 Å². The Kier molecular flexibility index (Phi) is 5.38. The van der Waals surface area contributed by atoms with Gasteiger partial charge in [0.15, 0.2) is 0 Å². The van der Waals surface area contributed by atoms with Gasteiger partial charge in [-0.2, -0.15) is 0 Å². The summed E-state index contributed by atoms with van der Waals surface area (Å²) in [6.45, 7) is 5.75. The zero-order valence-electron chi connectivity index (χ0n) is 17.6. The quantitative estimate of drug-likeness (QED) is 0.824. The number of ether oxygens (including phenoxy) is 1. The van der Waals surface area contributed by atoms with Crippen molar-refractivity contribution in [3.05, 3.63) is 70.3 Å². The van der Waals surface area contributed by atoms with E-state index in [-0.39, 0.29) is 11.9 Å². The maximum Gasteiger partial charge on any atom is 0.315 e. The van der Waals surface area contributed by atoms with Crippen LogP contribution >= 0.6 is 0 Å². The third kappa shape index (κ3) is 4.03. The first-order chi connectivity index (χ1) is 15.1. The van der Waals surface area contributed by atoms with Crippen LogP contribution in [0, 0.1) is 0 Å². The normalized spacial score (nSPS) is 21.0. The van der Waals surface area contributed by atoms with Crippen molar-refractivity contribution >= 4 is 11.9 Å². The molecule has 3 aliphatic heterocycles. The largest absolute Gasteiger partial charge is 0.379 e. The Morgan fingerprint density at radius 1 is 0.935 bits per heavy atom. The molecule has 3 amide bonds. The number of carbonyl (C=O) groups excluding carboxylic acids is 2. The number of fused-ring (bicyclic) bond motifs is 2. The van der Waals surface area contributed by atoms with Crippen molar-refractivity contribution in [2.24, 2.45) is 5.73 Å². The molecule has 31 heavy (non-hydrogen) atoms. The summed E-state index contributed by atoms with van der Waals surface area (Å²) in [6.07, 6.45) is 0.861. The minimum absolute atomic E-state index is 0.0492. The lowest BCUT2D eigenvalue weighted by molar-refractivity contribution is 0.0193. The first kappa shape index (κ1) is 20.0. The molecule has 0 spiro atoms. The maximum absolute atomic E-state index is 13.7. The lowest BCUT2D eigenvalue weighted by Crippen LogP contribution is -2.52. The van der Waals surface area contributed by atoms with Gasteiger partial charge in [0.2, 0.25) is 0 Å². The fraction of sp³-hybridized carbons (Fsp3) is 0.417. The molecule has 0 saturated carbocycles. The van der Waals surface area contributed by atoms with Gasteiger partial charge in [0.25, 0.3) is 5.91 Å². The van der Waals surface area contributed by atoms with Crippen LogP contribution in [0.4, 0.5) is 4.79 Å². The Hall–Kier alpha value is -2.90. The molecule has 162 valence electrons. The standard InChI is InChI=1S/C24H28N4O3/c25-24(30)27-13-20-6-5-18(11-21(20)14-27)23(29)28-15-19-4-2-1-3-17(19)12-22(28)16-26-7-9-31-10-8-26/h1-6,11,22H,7-10,12-16H2,(H2,25,30)/t22-/m0/s1. The first-order valence-electron chi connectivity index (χ1n) is 10.9. The smallest absolute Gasteiger partial charge is 0.315 e. The summed E-state index contributed by atoms with van der Waals surface area (Å²) in [4.78, 5) is 31.2. The van der Waals surface area contributed by atoms with Crippen molar-refractivity contribution in [1.82, 2.24) is 14.7 Å². The number of carbonyl (C=O) groups is 2. The van der Waals surface area contributed by atoms with Gasteiger partial charge in [0.1, 0.15) is 0 Å². The van der Waals surface area contributed by atoms with Crippen molar-refractivity contribution < 1.29 is 14.3 Å². The van der Waals surface area contributed by atoms with E-state index in [1.165, 1.54) is 11.1 Å². The van der Waals surface area contributed by atoms with Crippen LogP contribution in [0.25, 0.3) is 0 Å². The van der Waals surface area contributed by atoms with Crippen LogP contribution in [0.1, 0.15) is 32.6 Å². The predicted octanol–water partition coefficient (Wildman–Crippen LogP) is 1.98. The number of morpholine rings is 1. The van der Waals surface area contributed by atoms with Crippen LogP contribution in [0.2, 0.25) is 0 Å². The molecule has 2 aromatic rings. The van der Waals surface area contributed by atoms with Crippen LogP contribution in [0.15, 0.2) is 42.5 Å². The van der Waals surface area contributed by atoms with Crippen molar-refractivity contribution in [1.29, 1.82) is 0 Å². The summed E-state index contributed by atoms with van der Waals surface area (Å²) < 4.78 is 5.50. The average molecular weight is 421 g/mol. The number of nitrogens with two attached hydrogens (primary N) is 1. The second-order valence-electron chi connectivity index (χ2n) is 8.65. The van der Waals surface area contributed by atoms with E-state index >= 15 is 0 Å². The van der Waals surface area contributed by atoms with Gasteiger partial charge in [-0.1, -0.05) is 30.3 Å². The van der Waals surface area contributed by atoms with Gasteiger partial charge >= 0.3 is 6.03 Å². The summed E-state index contributed by atoms with van der Waals surface area (Å²) in [5.41, 5.74) is 10.7. The van der Waals surface area contributed by atoms with Crippen LogP contribution in [-0.4, -0.2) is 65.5 Å². The number of benzene rings is 2. The number of urea groups is 1. The molecule has 0 unspecified atom stereocenters. The highest BCUT2D eigenvalue weighted by atomic mass is 16.5. The molecule has 3 heterocycles. The first-order valence-corrected chi connectivity index (χ1v) is 10.9. The summed E-state index contributed by atoms with van der Waals surface area (Å²) in [5.74, 6) is 0.0492. The summed E-state index contributed by atoms with van der Waals surface area (Å²) in [5, 5.41) is 0. The second-order valence-corrected chi connectivity index (χ2v) is 8.65. The average Bonchev–Trinajstić information content (AvgIpc) is 3.23. The Bertz CT molecular complexity index is 1000. The van der Waals surface area contributed by atoms with E-state index in [4.69, 9.17) is 10.5 Å². The molecule has 2 N–H and O–H groups in total. The Balaban J connectivity index is 1.40. The van der Waals surface area contributed by atoms with Gasteiger partial charge in [-0.25, -0.2) is 4.79 Å². The fourth-order valence-electron chi connectivity index (χ4n) is 4.92. The highest BCUT2D eigenvalue weighted by Gasteiger charge is 2.32. The van der Waals surface area contributed by atoms with Crippen LogP contribution in [0.5, 0.6) is 0 Å². The van der Waals surface area contributed by atoms with E-state index < -0.39 is 6.03 Å². The molecule has 7 heteroatoms. The monoisotopic (exact) mass is 420 g/mol. The molecule has 5 rings (SSSR count). The van der Waals surface area contributed by atoms with E-state index in [2.05, 4.69) is 23.1 Å². The predicted molar refractivity (Wildman–Crippen MR) is 116 cm³/mol. The van der Waals surface area contributed by atoms with Gasteiger partial charge in [0, 0.05) is 50.9 Å². The Morgan fingerprint density at radius 3 is 2.42 bits per heavy atom. The molecule has 1 fully saturated rings. The molecule has 2 aromatic carbocycles. The SMILES string of the molecule is NC(=O)N1Cc2ccc(C(=O)N3Cc4ccccc4C[C@H]3CN3CCOCC3)cc2C1. The Morgan fingerprint density at radius 2 is 1.65 bits per heavy atom. The maximum atomic E-state index is 13.7. The van der Waals surface area contributed by atoms with Crippen LogP contribution < -0.4 is 5.73 Å². The lowest BCUT2D eigenvalue weighted by atomic mass is 9.92.